The molecule has 0 unspecified atom stereocenters. The molecule has 1 fully saturated rings. The van der Waals surface area contributed by atoms with Gasteiger partial charge in [-0.15, -0.1) is 0 Å². The number of likely N-dealkylation sites (tertiary alicyclic amines) is 1. The number of amides is 2. The minimum Gasteiger partial charge on any atom is -0.460 e. The molecule has 2 amide bonds. The number of hydrogen-bond donors (Lipinski definition) is 1. The van der Waals surface area contributed by atoms with Gasteiger partial charge in [-0.1, -0.05) is 29.8 Å². The van der Waals surface area contributed by atoms with Gasteiger partial charge in [0.05, 0.1) is 0 Å². The molecular formula is C22H24N2O4. The molecule has 0 atom stereocenters. The first kappa shape index (κ1) is 19.6. The van der Waals surface area contributed by atoms with Crippen LogP contribution in [0.5, 0.6) is 0 Å². The molecule has 0 aromatic heterocycles. The number of rotatable bonds is 6. The number of esters is 1. The van der Waals surface area contributed by atoms with Crippen LogP contribution in [0.1, 0.15) is 44.7 Å². The van der Waals surface area contributed by atoms with Crippen LogP contribution in [0.2, 0.25) is 0 Å². The Hall–Kier alpha value is -3.15. The lowest BCUT2D eigenvalue weighted by Gasteiger charge is -2.15. The second kappa shape index (κ2) is 9.17. The van der Waals surface area contributed by atoms with Gasteiger partial charge in [-0.3, -0.25) is 14.4 Å². The van der Waals surface area contributed by atoms with E-state index in [1.165, 1.54) is 0 Å². The quantitative estimate of drug-likeness (QED) is 0.782. The van der Waals surface area contributed by atoms with Gasteiger partial charge in [0.2, 0.25) is 0 Å². The molecule has 1 heterocycles. The van der Waals surface area contributed by atoms with Crippen molar-refractivity contribution in [1.29, 1.82) is 0 Å². The van der Waals surface area contributed by atoms with Crippen molar-refractivity contribution in [2.75, 3.05) is 19.6 Å². The van der Waals surface area contributed by atoms with Gasteiger partial charge in [-0.2, -0.15) is 0 Å². The summed E-state index contributed by atoms with van der Waals surface area (Å²) < 4.78 is 5.18. The van der Waals surface area contributed by atoms with Crippen LogP contribution in [0.25, 0.3) is 0 Å². The van der Waals surface area contributed by atoms with Gasteiger partial charge in [0, 0.05) is 24.2 Å². The molecule has 1 aliphatic heterocycles. The molecular weight excluding hydrogens is 356 g/mol. The standard InChI is InChI=1S/C22H24N2O4/c1-16-4-8-18(9-5-16)21(26)23-14-20(25)28-15-17-6-10-19(11-7-17)22(27)24-12-2-3-13-24/h4-11H,2-3,12-15H2,1H3,(H,23,26). The highest BCUT2D eigenvalue weighted by Gasteiger charge is 2.19. The van der Waals surface area contributed by atoms with Gasteiger partial charge in [-0.25, -0.2) is 0 Å². The average Bonchev–Trinajstić information content (AvgIpc) is 3.25. The molecule has 146 valence electrons. The van der Waals surface area contributed by atoms with Crippen LogP contribution in [0.4, 0.5) is 0 Å². The molecule has 2 aromatic rings. The zero-order chi connectivity index (χ0) is 19.9. The molecule has 2 aromatic carbocycles. The molecule has 6 heteroatoms. The third-order valence-electron chi connectivity index (χ3n) is 4.70. The number of benzene rings is 2. The fourth-order valence-corrected chi connectivity index (χ4v) is 3.02. The van der Waals surface area contributed by atoms with Crippen molar-refractivity contribution in [2.45, 2.75) is 26.4 Å². The number of aryl methyl sites for hydroxylation is 1. The van der Waals surface area contributed by atoms with Gasteiger partial charge in [-0.05, 0) is 49.6 Å². The Morgan fingerprint density at radius 2 is 1.54 bits per heavy atom. The van der Waals surface area contributed by atoms with Gasteiger partial charge in [0.1, 0.15) is 13.2 Å². The molecule has 6 nitrogen and oxygen atoms in total. The Balaban J connectivity index is 1.43. The zero-order valence-corrected chi connectivity index (χ0v) is 15.9. The van der Waals surface area contributed by atoms with Crippen molar-refractivity contribution in [3.63, 3.8) is 0 Å². The lowest BCUT2D eigenvalue weighted by molar-refractivity contribution is -0.143. The number of hydrogen-bond acceptors (Lipinski definition) is 4. The van der Waals surface area contributed by atoms with Crippen molar-refractivity contribution in [1.82, 2.24) is 10.2 Å². The number of carbonyl (C=O) groups excluding carboxylic acids is 3. The first-order valence-electron chi connectivity index (χ1n) is 9.41. The summed E-state index contributed by atoms with van der Waals surface area (Å²) in [5.74, 6) is -0.792. The van der Waals surface area contributed by atoms with Crippen LogP contribution >= 0.6 is 0 Å². The second-order valence-electron chi connectivity index (χ2n) is 6.91. The van der Waals surface area contributed by atoms with E-state index in [2.05, 4.69) is 5.32 Å². The predicted molar refractivity (Wildman–Crippen MR) is 105 cm³/mol. The third kappa shape index (κ3) is 5.19. The summed E-state index contributed by atoms with van der Waals surface area (Å²) in [7, 11) is 0. The van der Waals surface area contributed by atoms with E-state index in [1.807, 2.05) is 24.0 Å². The summed E-state index contributed by atoms with van der Waals surface area (Å²) in [6.07, 6.45) is 2.11. The van der Waals surface area contributed by atoms with E-state index in [0.717, 1.165) is 37.1 Å². The van der Waals surface area contributed by atoms with Crippen LogP contribution < -0.4 is 5.32 Å². The second-order valence-corrected chi connectivity index (χ2v) is 6.91. The Kier molecular flexibility index (Phi) is 6.42. The smallest absolute Gasteiger partial charge is 0.325 e. The highest BCUT2D eigenvalue weighted by Crippen LogP contribution is 2.14. The van der Waals surface area contributed by atoms with E-state index in [4.69, 9.17) is 4.74 Å². The first-order chi connectivity index (χ1) is 13.5. The summed E-state index contributed by atoms with van der Waals surface area (Å²) in [5, 5.41) is 2.55. The predicted octanol–water partition coefficient (Wildman–Crippen LogP) is 2.70. The highest BCUT2D eigenvalue weighted by atomic mass is 16.5. The summed E-state index contributed by atoms with van der Waals surface area (Å²) in [4.78, 5) is 38.0. The lowest BCUT2D eigenvalue weighted by Crippen LogP contribution is -2.30. The Morgan fingerprint density at radius 1 is 0.929 bits per heavy atom. The van der Waals surface area contributed by atoms with E-state index in [-0.39, 0.29) is 25.0 Å². The van der Waals surface area contributed by atoms with Crippen LogP contribution in [-0.4, -0.2) is 42.3 Å². The summed E-state index contributed by atoms with van der Waals surface area (Å²) in [6.45, 7) is 3.46. The van der Waals surface area contributed by atoms with E-state index in [1.54, 1.807) is 36.4 Å². The largest absolute Gasteiger partial charge is 0.460 e. The van der Waals surface area contributed by atoms with E-state index < -0.39 is 5.97 Å². The van der Waals surface area contributed by atoms with Crippen LogP contribution in [0, 0.1) is 6.92 Å². The maximum Gasteiger partial charge on any atom is 0.325 e. The minimum absolute atomic E-state index is 0.0415. The number of nitrogens with one attached hydrogen (secondary N) is 1. The van der Waals surface area contributed by atoms with Crippen LogP contribution in [-0.2, 0) is 16.1 Å². The molecule has 1 aliphatic rings. The van der Waals surface area contributed by atoms with Crippen LogP contribution in [0.15, 0.2) is 48.5 Å². The van der Waals surface area contributed by atoms with Crippen molar-refractivity contribution in [3.05, 3.63) is 70.8 Å². The van der Waals surface area contributed by atoms with Crippen molar-refractivity contribution < 1.29 is 19.1 Å². The number of nitrogens with zero attached hydrogens (tertiary/aromatic N) is 1. The maximum atomic E-state index is 12.3. The van der Waals surface area contributed by atoms with Gasteiger partial charge in [0.25, 0.3) is 11.8 Å². The van der Waals surface area contributed by atoms with Crippen LogP contribution in [0.3, 0.4) is 0 Å². The summed E-state index contributed by atoms with van der Waals surface area (Å²) in [6, 6.07) is 14.2. The SMILES string of the molecule is Cc1ccc(C(=O)NCC(=O)OCc2ccc(C(=O)N3CCCC3)cc2)cc1. The maximum absolute atomic E-state index is 12.3. The first-order valence-corrected chi connectivity index (χ1v) is 9.41. The minimum atomic E-state index is -0.516. The van der Waals surface area contributed by atoms with Crippen molar-refractivity contribution in [2.24, 2.45) is 0 Å². The molecule has 0 bridgehead atoms. The van der Waals surface area contributed by atoms with Gasteiger partial charge in [0.15, 0.2) is 0 Å². The number of carbonyl (C=O) groups is 3. The van der Waals surface area contributed by atoms with Crippen molar-refractivity contribution >= 4 is 17.8 Å². The van der Waals surface area contributed by atoms with E-state index >= 15 is 0 Å². The van der Waals surface area contributed by atoms with Gasteiger partial charge >= 0.3 is 5.97 Å². The van der Waals surface area contributed by atoms with E-state index in [9.17, 15) is 14.4 Å². The average molecular weight is 380 g/mol. The van der Waals surface area contributed by atoms with Gasteiger partial charge < -0.3 is 15.0 Å². The Morgan fingerprint density at radius 3 is 2.18 bits per heavy atom. The molecule has 3 rings (SSSR count). The molecule has 0 radical (unpaired) electrons. The third-order valence-corrected chi connectivity index (χ3v) is 4.70. The summed E-state index contributed by atoms with van der Waals surface area (Å²) in [5.41, 5.74) is 2.99. The molecule has 1 saturated heterocycles. The highest BCUT2D eigenvalue weighted by molar-refractivity contribution is 5.96. The Bertz CT molecular complexity index is 838. The monoisotopic (exact) mass is 380 g/mol. The molecule has 1 N–H and O–H groups in total. The van der Waals surface area contributed by atoms with Crippen molar-refractivity contribution in [3.8, 4) is 0 Å². The summed E-state index contributed by atoms with van der Waals surface area (Å²) >= 11 is 0. The molecule has 0 spiro atoms. The fraction of sp³-hybridized carbons (Fsp3) is 0.318. The molecule has 0 aliphatic carbocycles. The fourth-order valence-electron chi connectivity index (χ4n) is 3.02. The van der Waals surface area contributed by atoms with E-state index in [0.29, 0.717) is 11.1 Å². The zero-order valence-electron chi connectivity index (χ0n) is 15.9. The molecule has 28 heavy (non-hydrogen) atoms. The topological polar surface area (TPSA) is 75.7 Å². The molecule has 0 saturated carbocycles. The number of ether oxygens (including phenoxy) is 1. The normalized spacial score (nSPS) is 13.2. The Labute approximate surface area is 164 Å². The lowest BCUT2D eigenvalue weighted by atomic mass is 10.1.